The molecule has 0 bridgehead atoms. The molecule has 26 heavy (non-hydrogen) atoms. The highest BCUT2D eigenvalue weighted by Gasteiger charge is 2.35. The molecule has 3 atom stereocenters. The molecule has 5 nitrogen and oxygen atoms in total. The van der Waals surface area contributed by atoms with Crippen molar-refractivity contribution in [3.8, 4) is 11.5 Å². The number of methoxy groups -OCH3 is 2. The summed E-state index contributed by atoms with van der Waals surface area (Å²) in [5.74, 6) is 2.02. The van der Waals surface area contributed by atoms with Crippen LogP contribution >= 0.6 is 0 Å². The van der Waals surface area contributed by atoms with Crippen LogP contribution in [0.2, 0.25) is 0 Å². The normalized spacial score (nSPS) is 25.0. The molecule has 138 valence electrons. The lowest BCUT2D eigenvalue weighted by Crippen LogP contribution is -2.38. The van der Waals surface area contributed by atoms with Gasteiger partial charge in [0, 0.05) is 24.8 Å². The Kier molecular flexibility index (Phi) is 4.83. The number of nitrogens with one attached hydrogen (secondary N) is 1. The lowest BCUT2D eigenvalue weighted by Gasteiger charge is -2.36. The number of hydrogen-bond acceptors (Lipinski definition) is 5. The minimum absolute atomic E-state index is 0.187. The van der Waals surface area contributed by atoms with Gasteiger partial charge in [-0.15, -0.1) is 0 Å². The smallest absolute Gasteiger partial charge is 0.161 e. The summed E-state index contributed by atoms with van der Waals surface area (Å²) in [5, 5.41) is 3.84. The van der Waals surface area contributed by atoms with Crippen molar-refractivity contribution in [2.45, 2.75) is 31.8 Å². The molecule has 2 aliphatic heterocycles. The summed E-state index contributed by atoms with van der Waals surface area (Å²) in [6, 6.07) is 8.92. The van der Waals surface area contributed by atoms with Crippen molar-refractivity contribution in [3.63, 3.8) is 0 Å². The number of aryl methyl sites for hydroxylation is 1. The van der Waals surface area contributed by atoms with Gasteiger partial charge in [-0.1, -0.05) is 6.07 Å². The highest BCUT2D eigenvalue weighted by atomic mass is 16.5. The molecule has 0 radical (unpaired) electrons. The molecular weight excluding hydrogens is 328 g/mol. The summed E-state index contributed by atoms with van der Waals surface area (Å²) in [6.45, 7) is 3.69. The predicted octanol–water partition coefficient (Wildman–Crippen LogP) is 3.37. The van der Waals surface area contributed by atoms with E-state index in [0.717, 1.165) is 43.2 Å². The van der Waals surface area contributed by atoms with Crippen molar-refractivity contribution in [2.75, 3.05) is 27.4 Å². The number of hydrogen-bond donors (Lipinski definition) is 1. The van der Waals surface area contributed by atoms with Crippen molar-refractivity contribution in [1.29, 1.82) is 0 Å². The predicted molar refractivity (Wildman–Crippen MR) is 99.8 cm³/mol. The first-order chi connectivity index (χ1) is 12.7. The third kappa shape index (κ3) is 3.17. The van der Waals surface area contributed by atoms with Crippen molar-refractivity contribution < 1.29 is 14.2 Å². The van der Waals surface area contributed by atoms with Crippen LogP contribution in [-0.4, -0.2) is 32.4 Å². The summed E-state index contributed by atoms with van der Waals surface area (Å²) >= 11 is 0. The van der Waals surface area contributed by atoms with E-state index in [1.165, 1.54) is 16.7 Å². The maximum absolute atomic E-state index is 5.67. The first kappa shape index (κ1) is 17.3. The quantitative estimate of drug-likeness (QED) is 0.912. The van der Waals surface area contributed by atoms with Crippen LogP contribution in [0.25, 0.3) is 0 Å². The molecule has 1 N–H and O–H groups in total. The molecule has 4 rings (SSSR count). The van der Waals surface area contributed by atoms with Gasteiger partial charge < -0.3 is 19.5 Å². The number of benzene rings is 1. The molecule has 2 aliphatic rings. The van der Waals surface area contributed by atoms with Crippen molar-refractivity contribution >= 4 is 0 Å². The zero-order valence-corrected chi connectivity index (χ0v) is 15.6. The Labute approximate surface area is 154 Å². The molecule has 1 saturated heterocycles. The number of nitrogens with zero attached hydrogens (tertiary/aromatic N) is 1. The first-order valence-corrected chi connectivity index (χ1v) is 9.20. The standard InChI is InChI=1S/C21H26N2O3/c1-13-4-5-17(22-11-13)18-8-15-9-19(24-2)20(25-3)10-16(15)21(23-18)14-6-7-26-12-14/h4-5,9-11,14,18,21,23H,6-8,12H2,1-3H3/t14-,18+,21+/m0/s1. The average Bonchev–Trinajstić information content (AvgIpc) is 3.21. The first-order valence-electron chi connectivity index (χ1n) is 9.20. The molecule has 1 fully saturated rings. The summed E-state index contributed by atoms with van der Waals surface area (Å²) < 4.78 is 16.7. The largest absolute Gasteiger partial charge is 0.493 e. The Morgan fingerprint density at radius 1 is 1.15 bits per heavy atom. The maximum atomic E-state index is 5.67. The monoisotopic (exact) mass is 354 g/mol. The number of aromatic nitrogens is 1. The maximum Gasteiger partial charge on any atom is 0.161 e. The molecule has 0 spiro atoms. The van der Waals surface area contributed by atoms with E-state index in [0.29, 0.717) is 5.92 Å². The minimum atomic E-state index is 0.187. The third-order valence-electron chi connectivity index (χ3n) is 5.51. The van der Waals surface area contributed by atoms with E-state index in [-0.39, 0.29) is 12.1 Å². The summed E-state index contributed by atoms with van der Waals surface area (Å²) in [5.41, 5.74) is 4.85. The number of rotatable bonds is 4. The Morgan fingerprint density at radius 3 is 2.62 bits per heavy atom. The van der Waals surface area contributed by atoms with Gasteiger partial charge in [0.05, 0.1) is 32.6 Å². The van der Waals surface area contributed by atoms with Crippen molar-refractivity contribution in [3.05, 3.63) is 52.8 Å². The second kappa shape index (κ2) is 7.25. The van der Waals surface area contributed by atoms with E-state index < -0.39 is 0 Å². The van der Waals surface area contributed by atoms with Gasteiger partial charge in [0.2, 0.25) is 0 Å². The molecule has 1 aromatic carbocycles. The number of fused-ring (bicyclic) bond motifs is 1. The van der Waals surface area contributed by atoms with E-state index in [2.05, 4.69) is 41.5 Å². The highest BCUT2D eigenvalue weighted by molar-refractivity contribution is 5.50. The minimum Gasteiger partial charge on any atom is -0.493 e. The van der Waals surface area contributed by atoms with E-state index in [4.69, 9.17) is 14.2 Å². The lowest BCUT2D eigenvalue weighted by molar-refractivity contribution is 0.172. The fraction of sp³-hybridized carbons (Fsp3) is 0.476. The van der Waals surface area contributed by atoms with Crippen LogP contribution < -0.4 is 14.8 Å². The lowest BCUT2D eigenvalue weighted by atomic mass is 9.82. The van der Waals surface area contributed by atoms with E-state index in [1.807, 2.05) is 6.20 Å². The Bertz CT molecular complexity index is 770. The van der Waals surface area contributed by atoms with Crippen LogP contribution in [0, 0.1) is 12.8 Å². The molecular formula is C21H26N2O3. The molecule has 0 aliphatic carbocycles. The van der Waals surface area contributed by atoms with Gasteiger partial charge in [0.1, 0.15) is 0 Å². The SMILES string of the molecule is COc1cc2c(cc1OC)[C@@H]([C@H]1CCOC1)N[C@@H](c1ccc(C)cn1)C2. The number of pyridine rings is 1. The van der Waals surface area contributed by atoms with Gasteiger partial charge in [-0.05, 0) is 54.7 Å². The van der Waals surface area contributed by atoms with E-state index in [9.17, 15) is 0 Å². The molecule has 2 aromatic rings. The molecule has 3 heterocycles. The van der Waals surface area contributed by atoms with Crippen LogP contribution in [0.3, 0.4) is 0 Å². The summed E-state index contributed by atoms with van der Waals surface area (Å²) in [4.78, 5) is 4.66. The fourth-order valence-corrected chi connectivity index (χ4v) is 4.07. The number of ether oxygens (including phenoxy) is 3. The van der Waals surface area contributed by atoms with Crippen LogP contribution in [0.1, 0.15) is 40.9 Å². The Hall–Kier alpha value is -2.11. The van der Waals surface area contributed by atoms with Crippen LogP contribution in [0.15, 0.2) is 30.5 Å². The molecule has 0 amide bonds. The fourth-order valence-electron chi connectivity index (χ4n) is 4.07. The summed E-state index contributed by atoms with van der Waals surface area (Å²) in [6.07, 6.45) is 3.89. The Morgan fingerprint density at radius 2 is 1.96 bits per heavy atom. The molecule has 5 heteroatoms. The van der Waals surface area contributed by atoms with Gasteiger partial charge in [-0.3, -0.25) is 4.98 Å². The third-order valence-corrected chi connectivity index (χ3v) is 5.51. The Balaban J connectivity index is 1.74. The molecule has 0 saturated carbocycles. The highest BCUT2D eigenvalue weighted by Crippen LogP contribution is 2.42. The second-order valence-electron chi connectivity index (χ2n) is 7.19. The van der Waals surface area contributed by atoms with Gasteiger partial charge in [-0.25, -0.2) is 0 Å². The van der Waals surface area contributed by atoms with Gasteiger partial charge in [0.15, 0.2) is 11.5 Å². The average molecular weight is 354 g/mol. The van der Waals surface area contributed by atoms with Crippen LogP contribution in [0.5, 0.6) is 11.5 Å². The van der Waals surface area contributed by atoms with Gasteiger partial charge in [0.25, 0.3) is 0 Å². The zero-order valence-electron chi connectivity index (χ0n) is 15.6. The zero-order chi connectivity index (χ0) is 18.1. The second-order valence-corrected chi connectivity index (χ2v) is 7.19. The molecule has 1 aromatic heterocycles. The van der Waals surface area contributed by atoms with Crippen LogP contribution in [-0.2, 0) is 11.2 Å². The van der Waals surface area contributed by atoms with E-state index >= 15 is 0 Å². The van der Waals surface area contributed by atoms with E-state index in [1.54, 1.807) is 14.2 Å². The van der Waals surface area contributed by atoms with Gasteiger partial charge in [-0.2, -0.15) is 0 Å². The van der Waals surface area contributed by atoms with Crippen molar-refractivity contribution in [2.24, 2.45) is 5.92 Å². The molecule has 0 unspecified atom stereocenters. The van der Waals surface area contributed by atoms with Gasteiger partial charge >= 0.3 is 0 Å². The van der Waals surface area contributed by atoms with Crippen molar-refractivity contribution in [1.82, 2.24) is 10.3 Å². The van der Waals surface area contributed by atoms with Crippen LogP contribution in [0.4, 0.5) is 0 Å². The topological polar surface area (TPSA) is 52.6 Å². The summed E-state index contributed by atoms with van der Waals surface area (Å²) in [7, 11) is 3.37.